The summed E-state index contributed by atoms with van der Waals surface area (Å²) in [6, 6.07) is 0. The van der Waals surface area contributed by atoms with Crippen molar-refractivity contribution < 1.29 is 65.4 Å². The van der Waals surface area contributed by atoms with Gasteiger partial charge in [-0.05, 0) is 0 Å². The Kier molecular flexibility index (Phi) is 24.5. The van der Waals surface area contributed by atoms with Gasteiger partial charge in [0, 0.05) is 65.4 Å². The van der Waals surface area contributed by atoms with Crippen LogP contribution in [0.3, 0.4) is 0 Å². The minimum atomic E-state index is 0. The molecule has 0 aromatic rings. The normalized spacial score (nSPS) is 8.00. The minimum Gasteiger partial charge on any atom is -0.696 e. The third-order valence-electron chi connectivity index (χ3n) is 0.606. The van der Waals surface area contributed by atoms with Crippen LogP contribution >= 0.6 is 0 Å². The molecule has 9 heavy (non-hydrogen) atoms. The second-order valence-corrected chi connectivity index (χ2v) is 1.96. The molecule has 4 heteroatoms. The summed E-state index contributed by atoms with van der Waals surface area (Å²) < 4.78 is 0. The predicted molar refractivity (Wildman–Crippen MR) is 32.3 cm³/mol. The number of hydrogen-bond acceptors (Lipinski definition) is 0. The fourth-order valence-corrected chi connectivity index (χ4v) is 0.323. The van der Waals surface area contributed by atoms with Gasteiger partial charge in [0.05, 0.1) is 0 Å². The van der Waals surface area contributed by atoms with Crippen molar-refractivity contribution in [2.45, 2.75) is 13.8 Å². The van der Waals surface area contributed by atoms with Crippen LogP contribution in [-0.2, 0) is 65.4 Å². The van der Waals surface area contributed by atoms with Crippen LogP contribution in [0.2, 0.25) is 0 Å². The first kappa shape index (κ1) is 17.3. The van der Waals surface area contributed by atoms with E-state index in [4.69, 9.17) is 5.73 Å². The van der Waals surface area contributed by atoms with Crippen LogP contribution in [0, 0.1) is 5.92 Å². The van der Waals surface area contributed by atoms with Crippen LogP contribution in [0.4, 0.5) is 0 Å². The fraction of sp³-hybridized carbons (Fsp3) is 1.00. The van der Waals surface area contributed by atoms with Crippen LogP contribution < -0.4 is 0 Å². The SMILES string of the molecule is CC(C)C[N-]C[NH-].[Y].[Y]. The maximum atomic E-state index is 6.63. The van der Waals surface area contributed by atoms with Crippen molar-refractivity contribution in [3.8, 4) is 0 Å². The maximum absolute atomic E-state index is 6.63. The molecule has 0 heterocycles. The smallest absolute Gasteiger partial charge is 0 e. The van der Waals surface area contributed by atoms with E-state index in [0.717, 1.165) is 6.54 Å². The van der Waals surface area contributed by atoms with Gasteiger partial charge < -0.3 is 11.1 Å². The third-order valence-corrected chi connectivity index (χ3v) is 0.606. The molecule has 0 saturated carbocycles. The molecule has 2 radical (unpaired) electrons. The summed E-state index contributed by atoms with van der Waals surface area (Å²) in [7, 11) is 0. The van der Waals surface area contributed by atoms with Crippen LogP contribution in [-0.4, -0.2) is 13.2 Å². The Bertz CT molecular complexity index is 41.9. The molecule has 50 valence electrons. The van der Waals surface area contributed by atoms with Crippen molar-refractivity contribution in [2.75, 3.05) is 13.2 Å². The first-order valence-corrected chi connectivity index (χ1v) is 2.55. The molecule has 0 bridgehead atoms. The molecule has 0 aliphatic carbocycles. The summed E-state index contributed by atoms with van der Waals surface area (Å²) in [5.41, 5.74) is 6.63. The van der Waals surface area contributed by atoms with Crippen LogP contribution in [0.15, 0.2) is 0 Å². The first-order chi connectivity index (χ1) is 3.27. The maximum Gasteiger partial charge on any atom is 0 e. The molecule has 1 N–H and O–H groups in total. The van der Waals surface area contributed by atoms with Gasteiger partial charge in [-0.3, -0.25) is 6.67 Å². The van der Waals surface area contributed by atoms with Crippen LogP contribution in [0.1, 0.15) is 13.8 Å². The number of nitrogens with one attached hydrogen (secondary N) is 1. The van der Waals surface area contributed by atoms with Crippen molar-refractivity contribution in [2.24, 2.45) is 5.92 Å². The first-order valence-electron chi connectivity index (χ1n) is 2.55. The zero-order chi connectivity index (χ0) is 5.70. The Labute approximate surface area is 108 Å². The molecular formula is C5H12N2Y2-2. The summed E-state index contributed by atoms with van der Waals surface area (Å²) in [4.78, 5) is 0. The Morgan fingerprint density at radius 2 is 1.78 bits per heavy atom. The third kappa shape index (κ3) is 17.8. The molecule has 0 saturated heterocycles. The van der Waals surface area contributed by atoms with Crippen LogP contribution in [0.25, 0.3) is 11.1 Å². The molecule has 0 atom stereocenters. The summed E-state index contributed by atoms with van der Waals surface area (Å²) in [5.74, 6) is 0.616. The van der Waals surface area contributed by atoms with Gasteiger partial charge in [0.15, 0.2) is 0 Å². The van der Waals surface area contributed by atoms with Gasteiger partial charge in [0.1, 0.15) is 0 Å². The zero-order valence-electron chi connectivity index (χ0n) is 6.09. The quantitative estimate of drug-likeness (QED) is 0.757. The van der Waals surface area contributed by atoms with E-state index in [-0.39, 0.29) is 72.1 Å². The van der Waals surface area contributed by atoms with Gasteiger partial charge in [0.2, 0.25) is 0 Å². The van der Waals surface area contributed by atoms with Crippen molar-refractivity contribution in [1.82, 2.24) is 0 Å². The monoisotopic (exact) mass is 278 g/mol. The number of rotatable bonds is 3. The van der Waals surface area contributed by atoms with E-state index in [9.17, 15) is 0 Å². The molecule has 0 amide bonds. The largest absolute Gasteiger partial charge is 0.696 e. The molecule has 0 spiro atoms. The van der Waals surface area contributed by atoms with Gasteiger partial charge >= 0.3 is 0 Å². The van der Waals surface area contributed by atoms with E-state index in [0.29, 0.717) is 5.92 Å². The number of hydrogen-bond donors (Lipinski definition) is 0. The van der Waals surface area contributed by atoms with Gasteiger partial charge in [-0.2, -0.15) is 0 Å². The molecule has 0 aromatic heterocycles. The van der Waals surface area contributed by atoms with E-state index >= 15 is 0 Å². The Hall–Kier alpha value is 2.13. The van der Waals surface area contributed by atoms with Crippen molar-refractivity contribution in [1.29, 1.82) is 0 Å². The van der Waals surface area contributed by atoms with E-state index in [1.165, 1.54) is 0 Å². The standard InChI is InChI=1S/C5H12N2.2Y/c1-5(2)3-7-4-6;;/h5-6H,3-4H2,1-2H3;;/q-2;;. The summed E-state index contributed by atoms with van der Waals surface area (Å²) in [5, 5.41) is 3.84. The molecular weight excluding hydrogens is 266 g/mol. The molecule has 2 nitrogen and oxygen atoms in total. The fourth-order valence-electron chi connectivity index (χ4n) is 0.323. The molecule has 0 aliphatic heterocycles. The summed E-state index contributed by atoms with van der Waals surface area (Å²) in [6.07, 6.45) is 0. The summed E-state index contributed by atoms with van der Waals surface area (Å²) in [6.45, 7) is 5.25. The van der Waals surface area contributed by atoms with Gasteiger partial charge in [-0.15, -0.1) is 6.54 Å². The molecule has 0 rings (SSSR count). The summed E-state index contributed by atoms with van der Waals surface area (Å²) >= 11 is 0. The van der Waals surface area contributed by atoms with Gasteiger partial charge in [-0.1, -0.05) is 19.8 Å². The molecule has 0 aromatic carbocycles. The van der Waals surface area contributed by atoms with Gasteiger partial charge in [0.25, 0.3) is 0 Å². The topological polar surface area (TPSA) is 37.9 Å². The van der Waals surface area contributed by atoms with Crippen molar-refractivity contribution >= 4 is 0 Å². The van der Waals surface area contributed by atoms with Crippen molar-refractivity contribution in [3.05, 3.63) is 11.1 Å². The molecule has 0 fully saturated rings. The second kappa shape index (κ2) is 12.8. The minimum absolute atomic E-state index is 0. The van der Waals surface area contributed by atoms with Crippen LogP contribution in [0.5, 0.6) is 0 Å². The average Bonchev–Trinajstić information content (AvgIpc) is 1.61. The van der Waals surface area contributed by atoms with Gasteiger partial charge in [-0.25, -0.2) is 0 Å². The zero-order valence-corrected chi connectivity index (χ0v) is 11.8. The average molecular weight is 278 g/mol. The Balaban J connectivity index is -0.000000180. The van der Waals surface area contributed by atoms with Crippen molar-refractivity contribution in [3.63, 3.8) is 0 Å². The van der Waals surface area contributed by atoms with E-state index < -0.39 is 0 Å². The Morgan fingerprint density at radius 3 is 1.89 bits per heavy atom. The van der Waals surface area contributed by atoms with E-state index in [1.807, 2.05) is 0 Å². The molecule has 0 unspecified atom stereocenters. The molecule has 0 aliphatic rings. The second-order valence-electron chi connectivity index (χ2n) is 1.96. The predicted octanol–water partition coefficient (Wildman–Crippen LogP) is 2.02. The van der Waals surface area contributed by atoms with E-state index in [2.05, 4.69) is 19.2 Å². The Morgan fingerprint density at radius 1 is 1.33 bits per heavy atom. The van der Waals surface area contributed by atoms with E-state index in [1.54, 1.807) is 0 Å². The number of nitrogens with zero attached hydrogens (tertiary/aromatic N) is 1.